The molecule has 152 valence electrons. The largest absolute Gasteiger partial charge is 0.507 e. The Hall–Kier alpha value is -2.71. The number of aliphatic carboxylic acids is 1. The number of likely N-dealkylation sites (tertiary alicyclic amines) is 1. The van der Waals surface area contributed by atoms with Crippen molar-refractivity contribution in [2.75, 3.05) is 25.0 Å². The van der Waals surface area contributed by atoms with Gasteiger partial charge >= 0.3 is 5.97 Å². The van der Waals surface area contributed by atoms with Gasteiger partial charge in [-0.15, -0.1) is 21.5 Å². The van der Waals surface area contributed by atoms with E-state index in [9.17, 15) is 9.90 Å². The molecule has 1 aromatic carbocycles. The fourth-order valence-corrected chi connectivity index (χ4v) is 4.71. The van der Waals surface area contributed by atoms with Crippen LogP contribution in [0.1, 0.15) is 24.0 Å². The summed E-state index contributed by atoms with van der Waals surface area (Å²) >= 11 is 1.59. The van der Waals surface area contributed by atoms with Crippen molar-refractivity contribution in [3.63, 3.8) is 0 Å². The van der Waals surface area contributed by atoms with Gasteiger partial charge in [-0.05, 0) is 67.9 Å². The highest BCUT2D eigenvalue weighted by molar-refractivity contribution is 7.17. The van der Waals surface area contributed by atoms with E-state index in [2.05, 4.69) is 15.5 Å². The highest BCUT2D eigenvalue weighted by atomic mass is 32.1. The molecule has 0 saturated carbocycles. The third-order valence-corrected chi connectivity index (χ3v) is 6.47. The van der Waals surface area contributed by atoms with Crippen LogP contribution in [0.5, 0.6) is 5.75 Å². The molecule has 1 fully saturated rings. The number of benzene rings is 1. The quantitative estimate of drug-likeness (QED) is 0.588. The van der Waals surface area contributed by atoms with Gasteiger partial charge in [0.1, 0.15) is 5.75 Å². The maximum atomic E-state index is 11.0. The highest BCUT2D eigenvalue weighted by Crippen LogP contribution is 2.39. The molecule has 0 spiro atoms. The lowest BCUT2D eigenvalue weighted by Crippen LogP contribution is -2.44. The molecule has 0 unspecified atom stereocenters. The van der Waals surface area contributed by atoms with Gasteiger partial charge in [0.2, 0.25) is 0 Å². The third-order valence-electron chi connectivity index (χ3n) is 5.59. The van der Waals surface area contributed by atoms with Gasteiger partial charge in [0.15, 0.2) is 5.82 Å². The van der Waals surface area contributed by atoms with Crippen LogP contribution in [0.4, 0.5) is 5.82 Å². The smallest absolute Gasteiger partial charge is 0.317 e. The number of phenols is 1. The number of fused-ring (bicyclic) bond motifs is 1. The Bertz CT molecular complexity index is 1070. The molecular formula is C21H24N4O3S. The number of piperidine rings is 1. The Kier molecular flexibility index (Phi) is 5.38. The molecule has 2 aromatic heterocycles. The van der Waals surface area contributed by atoms with E-state index in [1.807, 2.05) is 42.3 Å². The van der Waals surface area contributed by atoms with Gasteiger partial charge in [0, 0.05) is 28.2 Å². The number of carbonyl (C=O) groups is 1. The van der Waals surface area contributed by atoms with E-state index < -0.39 is 5.97 Å². The second-order valence-corrected chi connectivity index (χ2v) is 8.50. The Morgan fingerprint density at radius 3 is 2.90 bits per heavy atom. The number of rotatable bonds is 5. The van der Waals surface area contributed by atoms with Crippen LogP contribution >= 0.6 is 11.3 Å². The van der Waals surface area contributed by atoms with Gasteiger partial charge in [-0.2, -0.15) is 0 Å². The predicted octanol–water partition coefficient (Wildman–Crippen LogP) is 3.64. The summed E-state index contributed by atoms with van der Waals surface area (Å²) in [6, 6.07) is 5.94. The molecule has 1 aliphatic rings. The van der Waals surface area contributed by atoms with Crippen LogP contribution in [-0.2, 0) is 4.79 Å². The molecule has 29 heavy (non-hydrogen) atoms. The predicted molar refractivity (Wildman–Crippen MR) is 115 cm³/mol. The van der Waals surface area contributed by atoms with E-state index in [4.69, 9.17) is 5.11 Å². The van der Waals surface area contributed by atoms with Crippen LogP contribution in [0.25, 0.3) is 21.3 Å². The topological polar surface area (TPSA) is 98.6 Å². The number of aromatic hydroxyl groups is 1. The van der Waals surface area contributed by atoms with Gasteiger partial charge in [0.05, 0.1) is 12.2 Å². The lowest BCUT2D eigenvalue weighted by atomic mass is 10.0. The Morgan fingerprint density at radius 2 is 2.10 bits per heavy atom. The fourth-order valence-electron chi connectivity index (χ4n) is 3.92. The number of hydrogen-bond acceptors (Lipinski definition) is 7. The zero-order valence-corrected chi connectivity index (χ0v) is 17.3. The molecule has 1 aliphatic heterocycles. The summed E-state index contributed by atoms with van der Waals surface area (Å²) in [7, 11) is 0. The molecule has 0 radical (unpaired) electrons. The van der Waals surface area contributed by atoms with Gasteiger partial charge in [-0.25, -0.2) is 0 Å². The van der Waals surface area contributed by atoms with Gasteiger partial charge in [-0.1, -0.05) is 0 Å². The number of phenolic OH excluding ortho intramolecular Hbond substituents is 1. The van der Waals surface area contributed by atoms with Gasteiger partial charge in [-0.3, -0.25) is 9.69 Å². The molecule has 8 heteroatoms. The minimum absolute atomic E-state index is 0.0607. The Morgan fingerprint density at radius 1 is 1.28 bits per heavy atom. The molecule has 4 rings (SSSR count). The first-order chi connectivity index (χ1) is 13.9. The first-order valence-electron chi connectivity index (χ1n) is 9.68. The van der Waals surface area contributed by atoms with Crippen molar-refractivity contribution in [2.24, 2.45) is 0 Å². The summed E-state index contributed by atoms with van der Waals surface area (Å²) in [6.07, 6.45) is 1.91. The molecule has 1 atom stereocenters. The van der Waals surface area contributed by atoms with Crippen LogP contribution in [-0.4, -0.2) is 57.0 Å². The zero-order chi connectivity index (χ0) is 20.5. The first-order valence-corrected chi connectivity index (χ1v) is 10.6. The molecule has 1 saturated heterocycles. The molecule has 0 bridgehead atoms. The maximum Gasteiger partial charge on any atom is 0.317 e. The first kappa shape index (κ1) is 19.6. The number of aromatic nitrogens is 2. The van der Waals surface area contributed by atoms with Crippen molar-refractivity contribution in [2.45, 2.75) is 32.7 Å². The molecule has 0 amide bonds. The lowest BCUT2D eigenvalue weighted by Gasteiger charge is -2.32. The standard InChI is InChI=1S/C21H24N4O3S/c1-12-13(2)21(22-14-4-3-8-25(10-14)11-18(26)27)24-23-19(12)16-5-6-17-15(20(16)28)7-9-29-17/h5-7,9,14,28H,3-4,8,10-11H2,1-2H3,(H,22,24)(H,26,27)/t14-/m1/s1. The monoisotopic (exact) mass is 412 g/mol. The van der Waals surface area contributed by atoms with Gasteiger partial charge in [0.25, 0.3) is 0 Å². The summed E-state index contributed by atoms with van der Waals surface area (Å²) in [4.78, 5) is 12.9. The molecule has 0 aliphatic carbocycles. The Labute approximate surface area is 173 Å². The minimum atomic E-state index is -0.802. The summed E-state index contributed by atoms with van der Waals surface area (Å²) in [6.45, 7) is 5.51. The summed E-state index contributed by atoms with van der Waals surface area (Å²) < 4.78 is 1.04. The second kappa shape index (κ2) is 7.96. The number of thiophene rings is 1. The normalized spacial score (nSPS) is 17.5. The van der Waals surface area contributed by atoms with Crippen molar-refractivity contribution < 1.29 is 15.0 Å². The SMILES string of the molecule is Cc1c(N[C@@H]2CCCN(CC(=O)O)C2)nnc(-c2ccc3sccc3c2O)c1C. The van der Waals surface area contributed by atoms with E-state index in [0.29, 0.717) is 23.6 Å². The number of hydrogen-bond donors (Lipinski definition) is 3. The number of carboxylic acids is 1. The van der Waals surface area contributed by atoms with E-state index >= 15 is 0 Å². The van der Waals surface area contributed by atoms with Crippen LogP contribution in [0, 0.1) is 13.8 Å². The van der Waals surface area contributed by atoms with Crippen molar-refractivity contribution in [3.8, 4) is 17.0 Å². The average molecular weight is 413 g/mol. The van der Waals surface area contributed by atoms with Crippen LogP contribution in [0.2, 0.25) is 0 Å². The maximum absolute atomic E-state index is 11.0. The lowest BCUT2D eigenvalue weighted by molar-refractivity contribution is -0.138. The van der Waals surface area contributed by atoms with Crippen LogP contribution in [0.3, 0.4) is 0 Å². The zero-order valence-electron chi connectivity index (χ0n) is 16.5. The molecule has 3 N–H and O–H groups in total. The van der Waals surface area contributed by atoms with E-state index in [-0.39, 0.29) is 18.3 Å². The third kappa shape index (κ3) is 3.90. The van der Waals surface area contributed by atoms with Crippen LogP contribution in [0.15, 0.2) is 23.6 Å². The summed E-state index contributed by atoms with van der Waals surface area (Å²) in [5.41, 5.74) is 3.30. The molecular weight excluding hydrogens is 388 g/mol. The molecule has 3 heterocycles. The summed E-state index contributed by atoms with van der Waals surface area (Å²) in [5, 5.41) is 34.8. The van der Waals surface area contributed by atoms with E-state index in [1.165, 1.54) is 0 Å². The van der Waals surface area contributed by atoms with E-state index in [0.717, 1.165) is 40.6 Å². The number of nitrogens with zero attached hydrogens (tertiary/aromatic N) is 3. The van der Waals surface area contributed by atoms with Crippen molar-refractivity contribution in [1.29, 1.82) is 0 Å². The van der Waals surface area contributed by atoms with Crippen molar-refractivity contribution >= 4 is 33.2 Å². The second-order valence-electron chi connectivity index (χ2n) is 7.55. The highest BCUT2D eigenvalue weighted by Gasteiger charge is 2.23. The van der Waals surface area contributed by atoms with E-state index in [1.54, 1.807) is 11.3 Å². The summed E-state index contributed by atoms with van der Waals surface area (Å²) in [5.74, 6) is 0.145. The molecule has 3 aromatic rings. The van der Waals surface area contributed by atoms with Crippen molar-refractivity contribution in [1.82, 2.24) is 15.1 Å². The number of nitrogens with one attached hydrogen (secondary N) is 1. The minimum Gasteiger partial charge on any atom is -0.507 e. The Balaban J connectivity index is 1.59. The van der Waals surface area contributed by atoms with Crippen LogP contribution < -0.4 is 5.32 Å². The number of carboxylic acid groups (broad SMARTS) is 1. The van der Waals surface area contributed by atoms with Crippen molar-refractivity contribution in [3.05, 3.63) is 34.7 Å². The fraction of sp³-hybridized carbons (Fsp3) is 0.381. The van der Waals surface area contributed by atoms with Gasteiger partial charge < -0.3 is 15.5 Å². The average Bonchev–Trinajstić information content (AvgIpc) is 3.16. The number of anilines is 1. The molecule has 7 nitrogen and oxygen atoms in total.